The molecule has 0 spiro atoms. The van der Waals surface area contributed by atoms with Crippen LogP contribution in [0, 0.1) is 10.1 Å². The van der Waals surface area contributed by atoms with Gasteiger partial charge < -0.3 is 15.8 Å². The lowest BCUT2D eigenvalue weighted by molar-refractivity contribution is -0.390. The maximum Gasteiger partial charge on any atom is 0.368 e. The monoisotopic (exact) mass is 237 g/mol. The predicted molar refractivity (Wildman–Crippen MR) is 49.8 cm³/mol. The number of rotatable bonds is 3. The highest BCUT2D eigenvalue weighted by atomic mass is 35.5. The molecule has 0 saturated carbocycles. The molecule has 1 aromatic heterocycles. The van der Waals surface area contributed by atoms with Crippen LogP contribution in [0.3, 0.4) is 0 Å². The Bertz CT molecular complexity index is 400. The highest BCUT2D eigenvalue weighted by Gasteiger charge is 2.26. The van der Waals surface area contributed by atoms with Crippen molar-refractivity contribution in [1.29, 1.82) is 0 Å². The van der Waals surface area contributed by atoms with Crippen molar-refractivity contribution < 1.29 is 13.7 Å². The van der Waals surface area contributed by atoms with Crippen LogP contribution in [0.4, 0.5) is 20.3 Å². The lowest BCUT2D eigenvalue weighted by Crippen LogP contribution is -2.06. The lowest BCUT2D eigenvalue weighted by atomic mass is 10.1. The molecule has 0 aliphatic carbocycles. The summed E-state index contributed by atoms with van der Waals surface area (Å²) in [4.78, 5) is 12.9. The summed E-state index contributed by atoms with van der Waals surface area (Å²) in [5, 5.41) is 10.5. The molecule has 1 heterocycles. The van der Waals surface area contributed by atoms with Crippen LogP contribution in [0.25, 0.3) is 0 Å². The number of halogens is 3. The molecule has 0 fully saturated rings. The minimum atomic E-state index is -2.92. The summed E-state index contributed by atoms with van der Waals surface area (Å²) in [6, 6.07) is 0. The summed E-state index contributed by atoms with van der Waals surface area (Å²) in [5.74, 6) is -1.12. The summed E-state index contributed by atoms with van der Waals surface area (Å²) >= 11 is 5.36. The second-order valence-corrected chi connectivity index (χ2v) is 2.89. The molecular formula is C7H6ClF2N3O2. The smallest absolute Gasteiger partial charge is 0.368 e. The summed E-state index contributed by atoms with van der Waals surface area (Å²) < 4.78 is 25.1. The largest absolute Gasteiger partial charge is 0.395 e. The normalized spacial score (nSPS) is 10.7. The van der Waals surface area contributed by atoms with Gasteiger partial charge in [0.15, 0.2) is 6.20 Å². The fourth-order valence-corrected chi connectivity index (χ4v) is 1.38. The Morgan fingerprint density at radius 1 is 1.67 bits per heavy atom. The zero-order valence-electron chi connectivity index (χ0n) is 7.28. The molecule has 0 aliphatic heterocycles. The molecule has 0 radical (unpaired) electrons. The Labute approximate surface area is 88.0 Å². The van der Waals surface area contributed by atoms with Gasteiger partial charge in [0.1, 0.15) is 0 Å². The number of aromatic nitrogens is 1. The number of anilines is 1. The molecule has 0 aliphatic rings. The second-order valence-electron chi connectivity index (χ2n) is 2.62. The van der Waals surface area contributed by atoms with Gasteiger partial charge >= 0.3 is 5.82 Å². The topological polar surface area (TPSA) is 82.0 Å². The van der Waals surface area contributed by atoms with Gasteiger partial charge in [0.05, 0.1) is 22.7 Å². The van der Waals surface area contributed by atoms with E-state index in [4.69, 9.17) is 17.3 Å². The number of nitrogen functional groups attached to an aromatic ring is 1. The van der Waals surface area contributed by atoms with Crippen LogP contribution in [0.5, 0.6) is 0 Å². The van der Waals surface area contributed by atoms with E-state index < -0.39 is 28.6 Å². The Morgan fingerprint density at radius 3 is 2.67 bits per heavy atom. The van der Waals surface area contributed by atoms with Crippen molar-refractivity contribution in [2.24, 2.45) is 0 Å². The van der Waals surface area contributed by atoms with Gasteiger partial charge in [0, 0.05) is 0 Å². The Balaban J connectivity index is 3.47. The standard InChI is InChI=1S/C7H6ClF2N3O2/c8-1-3-5(6(9)10)4(11)2-12-7(3)13(14)15/h2,6H,1,11H2. The van der Waals surface area contributed by atoms with Gasteiger partial charge in [0.25, 0.3) is 6.43 Å². The minimum absolute atomic E-state index is 0.300. The van der Waals surface area contributed by atoms with E-state index in [1.54, 1.807) is 0 Å². The van der Waals surface area contributed by atoms with Crippen molar-refractivity contribution in [3.05, 3.63) is 27.4 Å². The fourth-order valence-electron chi connectivity index (χ4n) is 1.12. The van der Waals surface area contributed by atoms with Crippen LogP contribution < -0.4 is 5.73 Å². The molecule has 1 rings (SSSR count). The first-order valence-electron chi connectivity index (χ1n) is 3.74. The molecule has 0 unspecified atom stereocenters. The van der Waals surface area contributed by atoms with Crippen molar-refractivity contribution in [3.8, 4) is 0 Å². The van der Waals surface area contributed by atoms with E-state index >= 15 is 0 Å². The van der Waals surface area contributed by atoms with Gasteiger partial charge in [-0.3, -0.25) is 0 Å². The van der Waals surface area contributed by atoms with Crippen LogP contribution in [-0.4, -0.2) is 9.91 Å². The molecule has 0 saturated heterocycles. The summed E-state index contributed by atoms with van der Waals surface area (Å²) in [6.45, 7) is 0. The van der Waals surface area contributed by atoms with E-state index in [0.717, 1.165) is 6.20 Å². The molecule has 0 amide bonds. The van der Waals surface area contributed by atoms with Gasteiger partial charge in [-0.2, -0.15) is 0 Å². The number of hydrogen-bond acceptors (Lipinski definition) is 4. The highest BCUT2D eigenvalue weighted by molar-refractivity contribution is 6.17. The zero-order valence-corrected chi connectivity index (χ0v) is 8.04. The van der Waals surface area contributed by atoms with Crippen LogP contribution in [-0.2, 0) is 5.88 Å². The molecular weight excluding hydrogens is 232 g/mol. The molecule has 5 nitrogen and oxygen atoms in total. The molecule has 2 N–H and O–H groups in total. The SMILES string of the molecule is Nc1cnc([N+](=O)[O-])c(CCl)c1C(F)F. The lowest BCUT2D eigenvalue weighted by Gasteiger charge is -2.07. The minimum Gasteiger partial charge on any atom is -0.395 e. The quantitative estimate of drug-likeness (QED) is 0.497. The number of alkyl halides is 3. The van der Waals surface area contributed by atoms with E-state index in [1.165, 1.54) is 0 Å². The third-order valence-corrected chi connectivity index (χ3v) is 2.02. The summed E-state index contributed by atoms with van der Waals surface area (Å²) in [6.07, 6.45) is -2.09. The zero-order chi connectivity index (χ0) is 11.6. The van der Waals surface area contributed by atoms with Crippen LogP contribution in [0.1, 0.15) is 17.6 Å². The number of nitro groups is 1. The number of hydrogen-bond donors (Lipinski definition) is 1. The average Bonchev–Trinajstić information content (AvgIpc) is 2.15. The summed E-state index contributed by atoms with van der Waals surface area (Å²) in [7, 11) is 0. The van der Waals surface area contributed by atoms with Crippen molar-refractivity contribution in [2.75, 3.05) is 5.73 Å². The van der Waals surface area contributed by atoms with Gasteiger partial charge in [-0.25, -0.2) is 8.78 Å². The van der Waals surface area contributed by atoms with E-state index in [9.17, 15) is 18.9 Å². The molecule has 8 heteroatoms. The third kappa shape index (κ3) is 2.12. The van der Waals surface area contributed by atoms with Gasteiger partial charge in [0.2, 0.25) is 0 Å². The Hall–Kier alpha value is -1.50. The molecule has 1 aromatic rings. The van der Waals surface area contributed by atoms with E-state index in [0.29, 0.717) is 0 Å². The van der Waals surface area contributed by atoms with Crippen LogP contribution >= 0.6 is 11.6 Å². The fraction of sp³-hybridized carbons (Fsp3) is 0.286. The van der Waals surface area contributed by atoms with Gasteiger partial charge in [-0.05, 0) is 9.91 Å². The molecule has 15 heavy (non-hydrogen) atoms. The van der Waals surface area contributed by atoms with Crippen molar-refractivity contribution in [2.45, 2.75) is 12.3 Å². The van der Waals surface area contributed by atoms with Crippen molar-refractivity contribution in [3.63, 3.8) is 0 Å². The Morgan fingerprint density at radius 2 is 2.27 bits per heavy atom. The predicted octanol–water partition coefficient (Wildman–Crippen LogP) is 2.25. The molecule has 82 valence electrons. The third-order valence-electron chi connectivity index (χ3n) is 1.76. The summed E-state index contributed by atoms with van der Waals surface area (Å²) in [5.41, 5.74) is 3.99. The first kappa shape index (κ1) is 11.6. The molecule has 0 bridgehead atoms. The average molecular weight is 238 g/mol. The second kappa shape index (κ2) is 4.35. The molecule has 0 aromatic carbocycles. The van der Waals surface area contributed by atoms with Crippen molar-refractivity contribution in [1.82, 2.24) is 4.98 Å². The number of nitrogens with zero attached hydrogens (tertiary/aromatic N) is 2. The number of nitrogens with two attached hydrogens (primary N) is 1. The van der Waals surface area contributed by atoms with Gasteiger partial charge in [-0.15, -0.1) is 11.6 Å². The van der Waals surface area contributed by atoms with Gasteiger partial charge in [-0.1, -0.05) is 0 Å². The molecule has 0 atom stereocenters. The first-order valence-corrected chi connectivity index (χ1v) is 4.28. The number of pyridine rings is 1. The maximum atomic E-state index is 12.5. The van der Waals surface area contributed by atoms with E-state index in [-0.39, 0.29) is 11.3 Å². The van der Waals surface area contributed by atoms with Crippen LogP contribution in [0.2, 0.25) is 0 Å². The maximum absolute atomic E-state index is 12.5. The Kier molecular flexibility index (Phi) is 3.35. The van der Waals surface area contributed by atoms with E-state index in [2.05, 4.69) is 4.98 Å². The van der Waals surface area contributed by atoms with Crippen LogP contribution in [0.15, 0.2) is 6.20 Å². The highest BCUT2D eigenvalue weighted by Crippen LogP contribution is 2.33. The van der Waals surface area contributed by atoms with E-state index in [1.807, 2.05) is 0 Å². The van der Waals surface area contributed by atoms with Crippen molar-refractivity contribution >= 4 is 23.1 Å². The first-order chi connectivity index (χ1) is 6.99.